The maximum atomic E-state index is 13.5. The number of likely N-dealkylation sites (tertiary alicyclic amines) is 1. The molecule has 3 amide bonds. The standard InChI is InChI=1S/C22H29N3O4S/c1-13(2)23-20(28)18-22-10-9-15(30-22)16(17(22)21(29)25(18)11-6-12-26)19(27)24-14-7-4-3-5-8-14/h3-5,7-8,13,15-18,26H,6,9-12H2,1-2H3,(H,23,28)(H,24,27)/t15-,16+,17+,18?,22?/m1/s1. The fourth-order valence-electron chi connectivity index (χ4n) is 5.35. The van der Waals surface area contributed by atoms with E-state index in [-0.39, 0.29) is 35.6 Å². The molecule has 3 N–H and O–H groups in total. The number of anilines is 1. The summed E-state index contributed by atoms with van der Waals surface area (Å²) < 4.78 is -0.575. The number of rotatable bonds is 7. The van der Waals surface area contributed by atoms with Crippen molar-refractivity contribution in [1.29, 1.82) is 0 Å². The second-order valence-electron chi connectivity index (χ2n) is 8.68. The molecule has 0 radical (unpaired) electrons. The molecule has 0 saturated carbocycles. The molecule has 5 atom stereocenters. The molecule has 2 bridgehead atoms. The molecule has 2 unspecified atom stereocenters. The summed E-state index contributed by atoms with van der Waals surface area (Å²) in [6, 6.07) is 8.62. The zero-order valence-electron chi connectivity index (χ0n) is 17.3. The highest BCUT2D eigenvalue weighted by Gasteiger charge is 2.73. The topological polar surface area (TPSA) is 98.7 Å². The Morgan fingerprint density at radius 2 is 2.00 bits per heavy atom. The molecular formula is C22H29N3O4S. The van der Waals surface area contributed by atoms with Crippen LogP contribution in [0, 0.1) is 11.8 Å². The van der Waals surface area contributed by atoms with Gasteiger partial charge in [-0.3, -0.25) is 14.4 Å². The zero-order chi connectivity index (χ0) is 21.5. The number of amides is 3. The first-order valence-corrected chi connectivity index (χ1v) is 11.5. The first kappa shape index (κ1) is 21.2. The Balaban J connectivity index is 1.65. The molecule has 0 aromatic heterocycles. The number of carbonyl (C=O) groups is 3. The van der Waals surface area contributed by atoms with Crippen LogP contribution < -0.4 is 10.6 Å². The van der Waals surface area contributed by atoms with E-state index >= 15 is 0 Å². The average Bonchev–Trinajstić information content (AvgIpc) is 3.34. The molecule has 3 fully saturated rings. The highest BCUT2D eigenvalue weighted by molar-refractivity contribution is 8.02. The monoisotopic (exact) mass is 431 g/mol. The van der Waals surface area contributed by atoms with Crippen LogP contribution in [0.15, 0.2) is 30.3 Å². The van der Waals surface area contributed by atoms with Gasteiger partial charge >= 0.3 is 0 Å². The maximum Gasteiger partial charge on any atom is 0.244 e. The van der Waals surface area contributed by atoms with Crippen LogP contribution in [0.5, 0.6) is 0 Å². The van der Waals surface area contributed by atoms with Crippen LogP contribution in [0.2, 0.25) is 0 Å². The third-order valence-corrected chi connectivity index (χ3v) is 8.33. The van der Waals surface area contributed by atoms with Crippen LogP contribution >= 0.6 is 11.8 Å². The van der Waals surface area contributed by atoms with Crippen molar-refractivity contribution in [2.45, 2.75) is 55.2 Å². The highest BCUT2D eigenvalue weighted by Crippen LogP contribution is 2.66. The Morgan fingerprint density at radius 3 is 2.67 bits per heavy atom. The summed E-state index contributed by atoms with van der Waals surface area (Å²) in [4.78, 5) is 41.6. The fourth-order valence-corrected chi connectivity index (χ4v) is 7.57. The van der Waals surface area contributed by atoms with Crippen molar-refractivity contribution in [1.82, 2.24) is 10.2 Å². The van der Waals surface area contributed by atoms with E-state index in [1.165, 1.54) is 0 Å². The molecule has 0 aliphatic carbocycles. The van der Waals surface area contributed by atoms with Crippen molar-refractivity contribution < 1.29 is 19.5 Å². The van der Waals surface area contributed by atoms with Gasteiger partial charge in [0.1, 0.15) is 6.04 Å². The quantitative estimate of drug-likeness (QED) is 0.609. The number of fused-ring (bicyclic) bond motifs is 1. The van der Waals surface area contributed by atoms with E-state index in [1.807, 2.05) is 44.2 Å². The number of carbonyl (C=O) groups excluding carboxylic acids is 3. The van der Waals surface area contributed by atoms with E-state index in [2.05, 4.69) is 10.6 Å². The predicted octanol–water partition coefficient (Wildman–Crippen LogP) is 1.62. The number of hydrogen-bond donors (Lipinski definition) is 3. The number of benzene rings is 1. The first-order chi connectivity index (χ1) is 14.4. The minimum atomic E-state index is -0.603. The van der Waals surface area contributed by atoms with E-state index in [0.29, 0.717) is 18.7 Å². The Labute approximate surface area is 181 Å². The van der Waals surface area contributed by atoms with Gasteiger partial charge in [0.2, 0.25) is 17.7 Å². The first-order valence-electron chi connectivity index (χ1n) is 10.6. The van der Waals surface area contributed by atoms with Gasteiger partial charge in [-0.1, -0.05) is 18.2 Å². The van der Waals surface area contributed by atoms with Gasteiger partial charge in [-0.15, -0.1) is 11.8 Å². The van der Waals surface area contributed by atoms with Gasteiger partial charge in [0, 0.05) is 30.1 Å². The molecule has 3 saturated heterocycles. The van der Waals surface area contributed by atoms with Crippen LogP contribution in [0.3, 0.4) is 0 Å². The van der Waals surface area contributed by atoms with Crippen molar-refractivity contribution >= 4 is 35.2 Å². The van der Waals surface area contributed by atoms with Gasteiger partial charge in [-0.05, 0) is 45.2 Å². The van der Waals surface area contributed by atoms with Crippen molar-refractivity contribution in [2.24, 2.45) is 11.8 Å². The van der Waals surface area contributed by atoms with E-state index in [4.69, 9.17) is 0 Å². The fraction of sp³-hybridized carbons (Fsp3) is 0.591. The number of para-hydroxylation sites is 1. The summed E-state index contributed by atoms with van der Waals surface area (Å²) >= 11 is 1.65. The third-order valence-electron chi connectivity index (χ3n) is 6.38. The van der Waals surface area contributed by atoms with Crippen LogP contribution in [-0.4, -0.2) is 63.0 Å². The number of nitrogens with one attached hydrogen (secondary N) is 2. The number of aliphatic hydroxyl groups is 1. The van der Waals surface area contributed by atoms with Crippen LogP contribution in [-0.2, 0) is 14.4 Å². The number of hydrogen-bond acceptors (Lipinski definition) is 5. The maximum absolute atomic E-state index is 13.5. The summed E-state index contributed by atoms with van der Waals surface area (Å²) in [5, 5.41) is 15.3. The summed E-state index contributed by atoms with van der Waals surface area (Å²) in [6.45, 7) is 4.07. The summed E-state index contributed by atoms with van der Waals surface area (Å²) in [5.41, 5.74) is 0.709. The lowest BCUT2D eigenvalue weighted by Crippen LogP contribution is -2.54. The van der Waals surface area contributed by atoms with Gasteiger partial charge in [0.25, 0.3) is 0 Å². The molecule has 7 nitrogen and oxygen atoms in total. The molecule has 1 aromatic rings. The molecule has 1 aromatic carbocycles. The van der Waals surface area contributed by atoms with Gasteiger partial charge in [-0.25, -0.2) is 0 Å². The zero-order valence-corrected chi connectivity index (χ0v) is 18.2. The molecular weight excluding hydrogens is 402 g/mol. The average molecular weight is 432 g/mol. The minimum absolute atomic E-state index is 0.0384. The van der Waals surface area contributed by atoms with Gasteiger partial charge < -0.3 is 20.6 Å². The van der Waals surface area contributed by atoms with E-state index < -0.39 is 22.6 Å². The van der Waals surface area contributed by atoms with Crippen molar-refractivity contribution in [3.63, 3.8) is 0 Å². The minimum Gasteiger partial charge on any atom is -0.396 e. The van der Waals surface area contributed by atoms with Crippen LogP contribution in [0.1, 0.15) is 33.1 Å². The van der Waals surface area contributed by atoms with Crippen molar-refractivity contribution in [2.75, 3.05) is 18.5 Å². The molecule has 3 heterocycles. The Bertz CT molecular complexity index is 833. The van der Waals surface area contributed by atoms with E-state index in [1.54, 1.807) is 16.7 Å². The normalized spacial score (nSPS) is 31.9. The lowest BCUT2D eigenvalue weighted by molar-refractivity contribution is -0.139. The Hall–Kier alpha value is -2.06. The lowest BCUT2D eigenvalue weighted by atomic mass is 9.70. The SMILES string of the molecule is CC(C)NC(=O)C1N(CCCO)C(=O)[C@@H]2[C@@H](C(=O)Nc3ccccc3)[C@H]3CCC12S3. The Morgan fingerprint density at radius 1 is 1.27 bits per heavy atom. The lowest BCUT2D eigenvalue weighted by Gasteiger charge is -2.34. The molecule has 162 valence electrons. The summed E-state index contributed by atoms with van der Waals surface area (Å²) in [7, 11) is 0. The van der Waals surface area contributed by atoms with E-state index in [9.17, 15) is 19.5 Å². The highest BCUT2D eigenvalue weighted by atomic mass is 32.2. The molecule has 30 heavy (non-hydrogen) atoms. The predicted molar refractivity (Wildman–Crippen MR) is 116 cm³/mol. The second kappa shape index (κ2) is 8.23. The van der Waals surface area contributed by atoms with Crippen molar-refractivity contribution in [3.8, 4) is 0 Å². The second-order valence-corrected chi connectivity index (χ2v) is 10.3. The summed E-state index contributed by atoms with van der Waals surface area (Å²) in [6.07, 6.45) is 1.98. The largest absolute Gasteiger partial charge is 0.396 e. The third kappa shape index (κ3) is 3.39. The van der Waals surface area contributed by atoms with Crippen molar-refractivity contribution in [3.05, 3.63) is 30.3 Å². The molecule has 1 spiro atoms. The molecule has 4 rings (SSSR count). The number of thioether (sulfide) groups is 1. The van der Waals surface area contributed by atoms with Crippen LogP contribution in [0.25, 0.3) is 0 Å². The smallest absolute Gasteiger partial charge is 0.244 e. The van der Waals surface area contributed by atoms with Crippen LogP contribution in [0.4, 0.5) is 5.69 Å². The Kier molecular flexibility index (Phi) is 5.81. The van der Waals surface area contributed by atoms with Gasteiger partial charge in [0.15, 0.2) is 0 Å². The van der Waals surface area contributed by atoms with Gasteiger partial charge in [0.05, 0.1) is 16.6 Å². The summed E-state index contributed by atoms with van der Waals surface area (Å²) in [5.74, 6) is -1.39. The molecule has 3 aliphatic rings. The number of aliphatic hydroxyl groups excluding tert-OH is 1. The van der Waals surface area contributed by atoms with Gasteiger partial charge in [-0.2, -0.15) is 0 Å². The molecule has 8 heteroatoms. The van der Waals surface area contributed by atoms with E-state index in [0.717, 1.165) is 12.8 Å². The molecule has 3 aliphatic heterocycles. The number of nitrogens with zero attached hydrogens (tertiary/aromatic N) is 1.